The molecule has 5 nitrogen and oxygen atoms in total. The first kappa shape index (κ1) is 16.6. The Kier molecular flexibility index (Phi) is 6.58. The van der Waals surface area contributed by atoms with Crippen LogP contribution >= 0.6 is 0 Å². The molecule has 0 spiro atoms. The van der Waals surface area contributed by atoms with Gasteiger partial charge < -0.3 is 19.9 Å². The van der Waals surface area contributed by atoms with Crippen molar-refractivity contribution in [3.05, 3.63) is 24.0 Å². The van der Waals surface area contributed by atoms with Crippen molar-refractivity contribution in [2.24, 2.45) is 0 Å². The van der Waals surface area contributed by atoms with Crippen molar-refractivity contribution < 1.29 is 9.53 Å². The van der Waals surface area contributed by atoms with E-state index in [1.54, 1.807) is 4.90 Å². The minimum atomic E-state index is -0.444. The van der Waals surface area contributed by atoms with E-state index >= 15 is 0 Å². The Morgan fingerprint density at radius 3 is 2.70 bits per heavy atom. The van der Waals surface area contributed by atoms with E-state index in [1.807, 2.05) is 39.1 Å². The van der Waals surface area contributed by atoms with E-state index in [4.69, 9.17) is 4.74 Å². The van der Waals surface area contributed by atoms with E-state index in [-0.39, 0.29) is 6.09 Å². The van der Waals surface area contributed by atoms with Gasteiger partial charge >= 0.3 is 6.09 Å². The van der Waals surface area contributed by atoms with Gasteiger partial charge in [-0.3, -0.25) is 0 Å². The Morgan fingerprint density at radius 1 is 1.40 bits per heavy atom. The second-order valence-electron chi connectivity index (χ2n) is 5.84. The van der Waals surface area contributed by atoms with Crippen LogP contribution in [-0.4, -0.2) is 41.2 Å². The predicted octanol–water partition coefficient (Wildman–Crippen LogP) is 2.75. The summed E-state index contributed by atoms with van der Waals surface area (Å²) >= 11 is 0. The third-order valence-electron chi connectivity index (χ3n) is 2.68. The molecular formula is C15H27N3O2. The molecule has 1 aromatic heterocycles. The standard InChI is InChI=1S/C15H27N3O2/c1-5-10-18(14(19)20-15(2,3)4)11-9-16-12-13-7-6-8-17-13/h6-8,16-17H,5,9-12H2,1-4H3. The van der Waals surface area contributed by atoms with Gasteiger partial charge in [-0.1, -0.05) is 6.92 Å². The van der Waals surface area contributed by atoms with Crippen molar-refractivity contribution in [2.75, 3.05) is 19.6 Å². The maximum atomic E-state index is 12.0. The molecule has 0 unspecified atom stereocenters. The summed E-state index contributed by atoms with van der Waals surface area (Å²) in [6.45, 7) is 10.6. The zero-order chi connectivity index (χ0) is 15.0. The average Bonchev–Trinajstić information content (AvgIpc) is 2.83. The summed E-state index contributed by atoms with van der Waals surface area (Å²) in [4.78, 5) is 16.9. The van der Waals surface area contributed by atoms with Crippen LogP contribution in [0.15, 0.2) is 18.3 Å². The SMILES string of the molecule is CCCN(CCNCc1ccc[nH]1)C(=O)OC(C)(C)C. The highest BCUT2D eigenvalue weighted by atomic mass is 16.6. The summed E-state index contributed by atoms with van der Waals surface area (Å²) in [5.41, 5.74) is 0.699. The summed E-state index contributed by atoms with van der Waals surface area (Å²) in [6.07, 6.45) is 2.60. The first-order valence-corrected chi connectivity index (χ1v) is 7.23. The highest BCUT2D eigenvalue weighted by molar-refractivity contribution is 5.68. The summed E-state index contributed by atoms with van der Waals surface area (Å²) in [6, 6.07) is 4.01. The molecule has 0 aliphatic rings. The van der Waals surface area contributed by atoms with E-state index in [0.29, 0.717) is 6.54 Å². The monoisotopic (exact) mass is 281 g/mol. The molecule has 5 heteroatoms. The number of carbonyl (C=O) groups is 1. The normalized spacial score (nSPS) is 11.4. The smallest absolute Gasteiger partial charge is 0.410 e. The van der Waals surface area contributed by atoms with E-state index in [2.05, 4.69) is 17.2 Å². The third-order valence-corrected chi connectivity index (χ3v) is 2.68. The van der Waals surface area contributed by atoms with Crippen LogP contribution in [0, 0.1) is 0 Å². The molecule has 0 bridgehead atoms. The van der Waals surface area contributed by atoms with Gasteiger partial charge in [0, 0.05) is 38.1 Å². The summed E-state index contributed by atoms with van der Waals surface area (Å²) in [5, 5.41) is 3.31. The van der Waals surface area contributed by atoms with Crippen LogP contribution in [0.2, 0.25) is 0 Å². The Hall–Kier alpha value is -1.49. The molecule has 0 aliphatic heterocycles. The topological polar surface area (TPSA) is 57.4 Å². The molecule has 0 radical (unpaired) electrons. The van der Waals surface area contributed by atoms with Crippen molar-refractivity contribution in [3.63, 3.8) is 0 Å². The van der Waals surface area contributed by atoms with E-state index in [1.165, 1.54) is 0 Å². The van der Waals surface area contributed by atoms with Gasteiger partial charge in [0.25, 0.3) is 0 Å². The number of H-pyrrole nitrogens is 1. The predicted molar refractivity (Wildman–Crippen MR) is 80.6 cm³/mol. The van der Waals surface area contributed by atoms with Gasteiger partial charge in [0.1, 0.15) is 5.60 Å². The fourth-order valence-corrected chi connectivity index (χ4v) is 1.81. The number of ether oxygens (including phenoxy) is 1. The van der Waals surface area contributed by atoms with Crippen molar-refractivity contribution >= 4 is 6.09 Å². The lowest BCUT2D eigenvalue weighted by molar-refractivity contribution is 0.0252. The molecule has 20 heavy (non-hydrogen) atoms. The highest BCUT2D eigenvalue weighted by Gasteiger charge is 2.21. The van der Waals surface area contributed by atoms with E-state index in [9.17, 15) is 4.79 Å². The quantitative estimate of drug-likeness (QED) is 0.756. The van der Waals surface area contributed by atoms with Crippen LogP contribution < -0.4 is 5.32 Å². The number of nitrogens with one attached hydrogen (secondary N) is 2. The van der Waals surface area contributed by atoms with Gasteiger partial charge in [-0.2, -0.15) is 0 Å². The van der Waals surface area contributed by atoms with Crippen molar-refractivity contribution in [1.82, 2.24) is 15.2 Å². The Labute approximate surface area is 121 Å². The van der Waals surface area contributed by atoms with Crippen molar-refractivity contribution in [3.8, 4) is 0 Å². The fraction of sp³-hybridized carbons (Fsp3) is 0.667. The molecule has 1 aromatic rings. The van der Waals surface area contributed by atoms with Gasteiger partial charge in [-0.15, -0.1) is 0 Å². The molecule has 114 valence electrons. The molecule has 0 fully saturated rings. The maximum Gasteiger partial charge on any atom is 0.410 e. The van der Waals surface area contributed by atoms with Crippen LogP contribution in [0.4, 0.5) is 4.79 Å². The van der Waals surface area contributed by atoms with Crippen molar-refractivity contribution in [1.29, 1.82) is 0 Å². The number of nitrogens with zero attached hydrogens (tertiary/aromatic N) is 1. The third kappa shape index (κ3) is 6.61. The molecule has 1 amide bonds. The van der Waals surface area contributed by atoms with Crippen LogP contribution in [0.25, 0.3) is 0 Å². The lowest BCUT2D eigenvalue weighted by Crippen LogP contribution is -2.40. The highest BCUT2D eigenvalue weighted by Crippen LogP contribution is 2.10. The molecule has 0 saturated heterocycles. The first-order valence-electron chi connectivity index (χ1n) is 7.23. The molecule has 1 heterocycles. The number of carbonyl (C=O) groups excluding carboxylic acids is 1. The molecule has 0 atom stereocenters. The molecule has 2 N–H and O–H groups in total. The number of hydrogen-bond acceptors (Lipinski definition) is 3. The van der Waals surface area contributed by atoms with Crippen LogP contribution in [-0.2, 0) is 11.3 Å². The molecule has 1 rings (SSSR count). The second kappa shape index (κ2) is 7.94. The first-order chi connectivity index (χ1) is 9.42. The second-order valence-corrected chi connectivity index (χ2v) is 5.84. The lowest BCUT2D eigenvalue weighted by atomic mass is 10.2. The van der Waals surface area contributed by atoms with Gasteiger partial charge in [0.15, 0.2) is 0 Å². The molecule has 0 aliphatic carbocycles. The van der Waals surface area contributed by atoms with Gasteiger partial charge in [-0.25, -0.2) is 4.79 Å². The van der Waals surface area contributed by atoms with Gasteiger partial charge in [-0.05, 0) is 39.3 Å². The van der Waals surface area contributed by atoms with E-state index < -0.39 is 5.60 Å². The summed E-state index contributed by atoms with van der Waals surface area (Å²) in [5.74, 6) is 0. The van der Waals surface area contributed by atoms with Gasteiger partial charge in [0.2, 0.25) is 0 Å². The number of aromatic amines is 1. The van der Waals surface area contributed by atoms with Crippen molar-refractivity contribution in [2.45, 2.75) is 46.3 Å². The number of rotatable bonds is 7. The molecule has 0 aromatic carbocycles. The fourth-order valence-electron chi connectivity index (χ4n) is 1.81. The van der Waals surface area contributed by atoms with Crippen LogP contribution in [0.1, 0.15) is 39.8 Å². The lowest BCUT2D eigenvalue weighted by Gasteiger charge is -2.27. The minimum absolute atomic E-state index is 0.235. The Bertz CT molecular complexity index is 382. The number of hydrogen-bond donors (Lipinski definition) is 2. The Morgan fingerprint density at radius 2 is 2.15 bits per heavy atom. The van der Waals surface area contributed by atoms with E-state index in [0.717, 1.165) is 31.7 Å². The van der Waals surface area contributed by atoms with Crippen LogP contribution in [0.3, 0.4) is 0 Å². The molecular weight excluding hydrogens is 254 g/mol. The zero-order valence-electron chi connectivity index (χ0n) is 13.0. The minimum Gasteiger partial charge on any atom is -0.444 e. The summed E-state index contributed by atoms with van der Waals surface area (Å²) < 4.78 is 5.41. The largest absolute Gasteiger partial charge is 0.444 e. The molecule has 0 saturated carbocycles. The Balaban J connectivity index is 2.32. The van der Waals surface area contributed by atoms with Gasteiger partial charge in [0.05, 0.1) is 0 Å². The average molecular weight is 281 g/mol. The number of amides is 1. The number of aromatic nitrogens is 1. The van der Waals surface area contributed by atoms with Crippen LogP contribution in [0.5, 0.6) is 0 Å². The summed E-state index contributed by atoms with van der Waals surface area (Å²) in [7, 11) is 0. The zero-order valence-corrected chi connectivity index (χ0v) is 13.0. The maximum absolute atomic E-state index is 12.0.